The highest BCUT2D eigenvalue weighted by Gasteiger charge is 2.20. The maximum atomic E-state index is 12.3. The summed E-state index contributed by atoms with van der Waals surface area (Å²) in [6.07, 6.45) is 1.70. The van der Waals surface area contributed by atoms with Crippen LogP contribution in [0.3, 0.4) is 0 Å². The molecular weight excluding hydrogens is 449 g/mol. The van der Waals surface area contributed by atoms with Crippen LogP contribution in [0.1, 0.15) is 29.3 Å². The highest BCUT2D eigenvalue weighted by Crippen LogP contribution is 2.29. The third-order valence-corrected chi connectivity index (χ3v) is 6.18. The molecule has 7 nitrogen and oxygen atoms in total. The van der Waals surface area contributed by atoms with Crippen LogP contribution in [-0.2, 0) is 21.4 Å². The van der Waals surface area contributed by atoms with Crippen molar-refractivity contribution in [1.82, 2.24) is 10.6 Å². The average Bonchev–Trinajstić information content (AvgIpc) is 2.67. The molecule has 0 aromatic heterocycles. The van der Waals surface area contributed by atoms with E-state index in [0.717, 1.165) is 6.26 Å². The molecule has 10 heteroatoms. The van der Waals surface area contributed by atoms with E-state index in [1.807, 2.05) is 0 Å². The summed E-state index contributed by atoms with van der Waals surface area (Å²) in [5.41, 5.74) is 1.36. The van der Waals surface area contributed by atoms with Crippen molar-refractivity contribution in [3.8, 4) is 0 Å². The van der Waals surface area contributed by atoms with E-state index in [9.17, 15) is 18.0 Å². The van der Waals surface area contributed by atoms with E-state index >= 15 is 0 Å². The van der Waals surface area contributed by atoms with Gasteiger partial charge in [-0.1, -0.05) is 35.3 Å². The third-order valence-electron chi connectivity index (χ3n) is 4.18. The Morgan fingerprint density at radius 1 is 1.00 bits per heavy atom. The molecule has 0 heterocycles. The topological polar surface area (TPSA) is 95.6 Å². The molecule has 2 aromatic carbocycles. The molecule has 2 aromatic rings. The Labute approximate surface area is 186 Å². The van der Waals surface area contributed by atoms with Crippen molar-refractivity contribution in [3.63, 3.8) is 0 Å². The van der Waals surface area contributed by atoms with Gasteiger partial charge in [0.2, 0.25) is 15.9 Å². The first kappa shape index (κ1) is 24.0. The normalized spacial score (nSPS) is 11.1. The molecule has 2 amide bonds. The summed E-state index contributed by atoms with van der Waals surface area (Å²) in [7, 11) is -3.61. The van der Waals surface area contributed by atoms with E-state index in [2.05, 4.69) is 10.6 Å². The molecule has 30 heavy (non-hydrogen) atoms. The minimum atomic E-state index is -3.61. The number of sulfonamides is 1. The summed E-state index contributed by atoms with van der Waals surface area (Å²) in [4.78, 5) is 23.0. The predicted molar refractivity (Wildman–Crippen MR) is 120 cm³/mol. The van der Waals surface area contributed by atoms with Crippen LogP contribution in [0.15, 0.2) is 42.5 Å². The molecule has 0 saturated carbocycles. The Bertz CT molecular complexity index is 1010. The van der Waals surface area contributed by atoms with Gasteiger partial charge in [-0.15, -0.1) is 0 Å². The van der Waals surface area contributed by atoms with Crippen molar-refractivity contribution in [2.24, 2.45) is 0 Å². The second-order valence-electron chi connectivity index (χ2n) is 6.62. The van der Waals surface area contributed by atoms with Crippen LogP contribution >= 0.6 is 23.2 Å². The minimum absolute atomic E-state index is 0.00686. The first-order valence-corrected chi connectivity index (χ1v) is 11.7. The van der Waals surface area contributed by atoms with Gasteiger partial charge < -0.3 is 10.6 Å². The van der Waals surface area contributed by atoms with E-state index < -0.39 is 10.0 Å². The van der Waals surface area contributed by atoms with Crippen molar-refractivity contribution in [2.75, 3.05) is 23.7 Å². The molecule has 0 saturated heterocycles. The summed E-state index contributed by atoms with van der Waals surface area (Å²) >= 11 is 12.2. The molecule has 0 radical (unpaired) electrons. The lowest BCUT2D eigenvalue weighted by atomic mass is 10.1. The summed E-state index contributed by atoms with van der Waals surface area (Å²) in [6.45, 7) is 2.32. The Morgan fingerprint density at radius 2 is 1.63 bits per heavy atom. The molecule has 0 aliphatic heterocycles. The molecular formula is C20H23Cl2N3O4S. The summed E-state index contributed by atoms with van der Waals surface area (Å²) in [6, 6.07) is 11.3. The van der Waals surface area contributed by atoms with Crippen LogP contribution in [0.5, 0.6) is 0 Å². The lowest BCUT2D eigenvalue weighted by molar-refractivity contribution is -0.118. The second kappa shape index (κ2) is 10.7. The zero-order chi connectivity index (χ0) is 22.3. The van der Waals surface area contributed by atoms with Crippen LogP contribution in [0.25, 0.3) is 0 Å². The molecule has 0 atom stereocenters. The van der Waals surface area contributed by atoms with E-state index in [1.165, 1.54) is 11.2 Å². The van der Waals surface area contributed by atoms with Gasteiger partial charge in [-0.25, -0.2) is 8.42 Å². The first-order chi connectivity index (χ1) is 14.1. The zero-order valence-electron chi connectivity index (χ0n) is 16.6. The van der Waals surface area contributed by atoms with Gasteiger partial charge in [-0.2, -0.15) is 0 Å². The van der Waals surface area contributed by atoms with Crippen molar-refractivity contribution < 1.29 is 18.0 Å². The number of carbonyl (C=O) groups is 2. The SMILES string of the molecule is CC(=O)NCCCNC(=O)c1ccc(N(Cc2cccc(Cl)c2Cl)S(C)(=O)=O)cc1. The van der Waals surface area contributed by atoms with Crippen LogP contribution in [0, 0.1) is 0 Å². The molecule has 0 aliphatic rings. The molecule has 0 fully saturated rings. The number of hydrogen-bond donors (Lipinski definition) is 2. The number of halogens is 2. The molecule has 2 rings (SSSR count). The van der Waals surface area contributed by atoms with Gasteiger partial charge in [0, 0.05) is 25.6 Å². The number of nitrogens with one attached hydrogen (secondary N) is 2. The highest BCUT2D eigenvalue weighted by atomic mass is 35.5. The maximum Gasteiger partial charge on any atom is 0.251 e. The molecule has 0 unspecified atom stereocenters. The van der Waals surface area contributed by atoms with Crippen molar-refractivity contribution >= 4 is 50.7 Å². The van der Waals surface area contributed by atoms with Crippen molar-refractivity contribution in [2.45, 2.75) is 19.9 Å². The fourth-order valence-corrected chi connectivity index (χ4v) is 3.92. The number of benzene rings is 2. The van der Waals surface area contributed by atoms with Crippen LogP contribution < -0.4 is 14.9 Å². The number of anilines is 1. The summed E-state index contributed by atoms with van der Waals surface area (Å²) in [5.74, 6) is -0.403. The maximum absolute atomic E-state index is 12.3. The second-order valence-corrected chi connectivity index (χ2v) is 9.31. The highest BCUT2D eigenvalue weighted by molar-refractivity contribution is 7.92. The van der Waals surface area contributed by atoms with Gasteiger partial charge in [0.05, 0.1) is 28.5 Å². The fourth-order valence-electron chi connectivity index (χ4n) is 2.66. The van der Waals surface area contributed by atoms with E-state index in [4.69, 9.17) is 23.2 Å². The van der Waals surface area contributed by atoms with Gasteiger partial charge >= 0.3 is 0 Å². The number of rotatable bonds is 9. The predicted octanol–water partition coefficient (Wildman–Crippen LogP) is 3.22. The number of carbonyl (C=O) groups excluding carboxylic acids is 2. The van der Waals surface area contributed by atoms with Crippen molar-refractivity contribution in [1.29, 1.82) is 0 Å². The van der Waals surface area contributed by atoms with E-state index in [1.54, 1.807) is 42.5 Å². The number of amides is 2. The lowest BCUT2D eigenvalue weighted by Crippen LogP contribution is -2.30. The quantitative estimate of drug-likeness (QED) is 0.548. The van der Waals surface area contributed by atoms with Gasteiger partial charge in [0.15, 0.2) is 0 Å². The van der Waals surface area contributed by atoms with E-state index in [0.29, 0.717) is 46.4 Å². The molecule has 2 N–H and O–H groups in total. The Balaban J connectivity index is 2.10. The van der Waals surface area contributed by atoms with Gasteiger partial charge in [-0.05, 0) is 42.3 Å². The minimum Gasteiger partial charge on any atom is -0.356 e. The Hall–Kier alpha value is -2.29. The molecule has 0 spiro atoms. The van der Waals surface area contributed by atoms with Crippen LogP contribution in [0.4, 0.5) is 5.69 Å². The Morgan fingerprint density at radius 3 is 2.23 bits per heavy atom. The van der Waals surface area contributed by atoms with Gasteiger partial charge in [0.25, 0.3) is 5.91 Å². The van der Waals surface area contributed by atoms with Gasteiger partial charge in [0.1, 0.15) is 0 Å². The zero-order valence-corrected chi connectivity index (χ0v) is 18.9. The van der Waals surface area contributed by atoms with Crippen molar-refractivity contribution in [3.05, 3.63) is 63.6 Å². The Kier molecular flexibility index (Phi) is 8.52. The summed E-state index contributed by atoms with van der Waals surface area (Å²) in [5, 5.41) is 6.04. The number of hydrogen-bond acceptors (Lipinski definition) is 4. The molecule has 0 aliphatic carbocycles. The fraction of sp³-hybridized carbons (Fsp3) is 0.300. The first-order valence-electron chi connectivity index (χ1n) is 9.13. The summed E-state index contributed by atoms with van der Waals surface area (Å²) < 4.78 is 25.9. The smallest absolute Gasteiger partial charge is 0.251 e. The van der Waals surface area contributed by atoms with E-state index in [-0.39, 0.29) is 18.4 Å². The van der Waals surface area contributed by atoms with Gasteiger partial charge in [-0.3, -0.25) is 13.9 Å². The lowest BCUT2D eigenvalue weighted by Gasteiger charge is -2.23. The number of nitrogens with zero attached hydrogens (tertiary/aromatic N) is 1. The average molecular weight is 472 g/mol. The third kappa shape index (κ3) is 6.90. The molecule has 0 bridgehead atoms. The monoisotopic (exact) mass is 471 g/mol. The molecule has 162 valence electrons. The van der Waals surface area contributed by atoms with Crippen LogP contribution in [0.2, 0.25) is 10.0 Å². The van der Waals surface area contributed by atoms with Crippen LogP contribution in [-0.4, -0.2) is 39.6 Å². The largest absolute Gasteiger partial charge is 0.356 e. The standard InChI is InChI=1S/C20H23Cl2N3O4S/c1-14(26)23-11-4-12-24-20(27)15-7-9-17(10-8-15)25(30(2,28)29)13-16-5-3-6-18(21)19(16)22/h3,5-10H,4,11-13H2,1-2H3,(H,23,26)(H,24,27).